The van der Waals surface area contributed by atoms with Gasteiger partial charge in [0.1, 0.15) is 0 Å². The predicted octanol–water partition coefficient (Wildman–Crippen LogP) is 2.94. The largest absolute Gasteiger partial charge is 0.341 e. The Morgan fingerprint density at radius 3 is 2.44 bits per heavy atom. The molecule has 2 N–H and O–H groups in total. The van der Waals surface area contributed by atoms with Gasteiger partial charge in [-0.15, -0.1) is 12.4 Å². The minimum Gasteiger partial charge on any atom is -0.341 e. The Balaban J connectivity index is 0.00000261. The lowest BCUT2D eigenvalue weighted by molar-refractivity contribution is -0.130. The smallest absolute Gasteiger partial charge is 0.227 e. The first-order valence-electron chi connectivity index (χ1n) is 9.66. The molecule has 0 aliphatic carbocycles. The maximum atomic E-state index is 12.3. The molecule has 0 unspecified atom stereocenters. The van der Waals surface area contributed by atoms with Crippen molar-refractivity contribution in [2.24, 2.45) is 5.92 Å². The molecule has 150 valence electrons. The molecule has 0 saturated carbocycles. The number of amides is 2. The van der Waals surface area contributed by atoms with Crippen molar-refractivity contribution in [3.8, 4) is 0 Å². The molecule has 2 amide bonds. The molecule has 0 radical (unpaired) electrons. The topological polar surface area (TPSA) is 61.4 Å². The molecule has 1 aromatic rings. The van der Waals surface area contributed by atoms with Crippen LogP contribution in [0.4, 0.5) is 5.69 Å². The Morgan fingerprint density at radius 2 is 1.78 bits per heavy atom. The SMILES string of the molecule is Cl.O=C(CCC1CCNCC1)Nc1ccc(CC(=O)N2CCSCC2)cc1. The van der Waals surface area contributed by atoms with Crippen LogP contribution in [0.15, 0.2) is 24.3 Å². The molecule has 3 rings (SSSR count). The molecule has 2 heterocycles. The van der Waals surface area contributed by atoms with Crippen molar-refractivity contribution >= 4 is 41.7 Å². The first kappa shape index (κ1) is 22.1. The average Bonchev–Trinajstić information content (AvgIpc) is 2.69. The van der Waals surface area contributed by atoms with Gasteiger partial charge in [-0.2, -0.15) is 11.8 Å². The quantitative estimate of drug-likeness (QED) is 0.755. The Hall–Kier alpha value is -1.24. The van der Waals surface area contributed by atoms with Gasteiger partial charge in [0.25, 0.3) is 0 Å². The summed E-state index contributed by atoms with van der Waals surface area (Å²) in [7, 11) is 0. The summed E-state index contributed by atoms with van der Waals surface area (Å²) in [5, 5.41) is 6.33. The maximum absolute atomic E-state index is 12.3. The second kappa shape index (κ2) is 11.6. The monoisotopic (exact) mass is 411 g/mol. The lowest BCUT2D eigenvalue weighted by atomic mass is 9.93. The Labute approximate surface area is 172 Å². The Kier molecular flexibility index (Phi) is 9.45. The standard InChI is InChI=1S/C20H29N3O2S.ClH/c24-19(6-3-16-7-9-21-10-8-16)22-18-4-1-17(2-5-18)15-20(25)23-11-13-26-14-12-23;/h1-2,4-5,16,21H,3,6-15H2,(H,22,24);1H. The number of rotatable bonds is 6. The summed E-state index contributed by atoms with van der Waals surface area (Å²) in [5.41, 5.74) is 1.81. The van der Waals surface area contributed by atoms with E-state index in [0.717, 1.165) is 55.4 Å². The molecule has 7 heteroatoms. The van der Waals surface area contributed by atoms with E-state index in [1.807, 2.05) is 40.9 Å². The van der Waals surface area contributed by atoms with Crippen LogP contribution in [-0.2, 0) is 16.0 Å². The van der Waals surface area contributed by atoms with E-state index < -0.39 is 0 Å². The minimum absolute atomic E-state index is 0. The zero-order chi connectivity index (χ0) is 18.2. The lowest BCUT2D eigenvalue weighted by Crippen LogP contribution is -2.38. The third kappa shape index (κ3) is 7.35. The van der Waals surface area contributed by atoms with E-state index in [9.17, 15) is 9.59 Å². The number of carbonyl (C=O) groups is 2. The number of nitrogens with zero attached hydrogens (tertiary/aromatic N) is 1. The molecule has 2 aliphatic heterocycles. The van der Waals surface area contributed by atoms with Crippen LogP contribution in [0, 0.1) is 5.92 Å². The number of anilines is 1. The Morgan fingerprint density at radius 1 is 1.11 bits per heavy atom. The van der Waals surface area contributed by atoms with Crippen LogP contribution in [0.5, 0.6) is 0 Å². The summed E-state index contributed by atoms with van der Waals surface area (Å²) >= 11 is 1.91. The molecular formula is C20H30ClN3O2S. The van der Waals surface area contributed by atoms with Crippen molar-refractivity contribution in [1.82, 2.24) is 10.2 Å². The Bertz CT molecular complexity index is 600. The fourth-order valence-corrected chi connectivity index (χ4v) is 4.44. The van der Waals surface area contributed by atoms with E-state index >= 15 is 0 Å². The number of benzene rings is 1. The normalized spacial score (nSPS) is 17.9. The average molecular weight is 412 g/mol. The first-order chi connectivity index (χ1) is 12.7. The number of hydrogen-bond donors (Lipinski definition) is 2. The van der Waals surface area contributed by atoms with Gasteiger partial charge in [-0.1, -0.05) is 12.1 Å². The molecule has 2 saturated heterocycles. The van der Waals surface area contributed by atoms with Crippen LogP contribution in [0.2, 0.25) is 0 Å². The fourth-order valence-electron chi connectivity index (χ4n) is 3.53. The molecule has 27 heavy (non-hydrogen) atoms. The highest BCUT2D eigenvalue weighted by Gasteiger charge is 2.17. The van der Waals surface area contributed by atoms with Gasteiger partial charge in [0, 0.05) is 36.7 Å². The van der Waals surface area contributed by atoms with Crippen molar-refractivity contribution in [2.75, 3.05) is 43.0 Å². The van der Waals surface area contributed by atoms with Crippen LogP contribution in [-0.4, -0.2) is 54.4 Å². The first-order valence-corrected chi connectivity index (χ1v) is 10.8. The zero-order valence-electron chi connectivity index (χ0n) is 15.7. The summed E-state index contributed by atoms with van der Waals surface area (Å²) in [5.74, 6) is 3.02. The van der Waals surface area contributed by atoms with E-state index in [2.05, 4.69) is 10.6 Å². The van der Waals surface area contributed by atoms with E-state index in [1.54, 1.807) is 0 Å². The van der Waals surface area contributed by atoms with Gasteiger partial charge in [-0.25, -0.2) is 0 Å². The van der Waals surface area contributed by atoms with Gasteiger partial charge in [-0.3, -0.25) is 9.59 Å². The van der Waals surface area contributed by atoms with E-state index in [-0.39, 0.29) is 24.2 Å². The van der Waals surface area contributed by atoms with Crippen LogP contribution < -0.4 is 10.6 Å². The van der Waals surface area contributed by atoms with E-state index in [0.29, 0.717) is 18.8 Å². The number of piperidine rings is 1. The molecule has 0 bridgehead atoms. The third-order valence-electron chi connectivity index (χ3n) is 5.20. The summed E-state index contributed by atoms with van der Waals surface area (Å²) in [6.45, 7) is 3.86. The second-order valence-corrected chi connectivity index (χ2v) is 8.37. The lowest BCUT2D eigenvalue weighted by Gasteiger charge is -2.26. The van der Waals surface area contributed by atoms with Crippen LogP contribution in [0.25, 0.3) is 0 Å². The van der Waals surface area contributed by atoms with Crippen LogP contribution >= 0.6 is 24.2 Å². The number of nitrogens with one attached hydrogen (secondary N) is 2. The highest BCUT2D eigenvalue weighted by molar-refractivity contribution is 7.99. The number of halogens is 1. The van der Waals surface area contributed by atoms with Crippen molar-refractivity contribution in [3.63, 3.8) is 0 Å². The number of carbonyl (C=O) groups excluding carboxylic acids is 2. The molecule has 2 fully saturated rings. The minimum atomic E-state index is 0. The van der Waals surface area contributed by atoms with Gasteiger partial charge in [0.15, 0.2) is 0 Å². The molecule has 5 nitrogen and oxygen atoms in total. The van der Waals surface area contributed by atoms with Gasteiger partial charge >= 0.3 is 0 Å². The fraction of sp³-hybridized carbons (Fsp3) is 0.600. The molecule has 0 aromatic heterocycles. The number of thioether (sulfide) groups is 1. The van der Waals surface area contributed by atoms with E-state index in [1.165, 1.54) is 12.8 Å². The highest BCUT2D eigenvalue weighted by atomic mass is 35.5. The highest BCUT2D eigenvalue weighted by Crippen LogP contribution is 2.19. The molecule has 0 atom stereocenters. The maximum Gasteiger partial charge on any atom is 0.227 e. The van der Waals surface area contributed by atoms with Crippen LogP contribution in [0.1, 0.15) is 31.2 Å². The molecular weight excluding hydrogens is 382 g/mol. The van der Waals surface area contributed by atoms with Gasteiger partial charge < -0.3 is 15.5 Å². The van der Waals surface area contributed by atoms with E-state index in [4.69, 9.17) is 0 Å². The molecule has 2 aliphatic rings. The summed E-state index contributed by atoms with van der Waals surface area (Å²) in [6, 6.07) is 7.69. The van der Waals surface area contributed by atoms with Crippen molar-refractivity contribution in [3.05, 3.63) is 29.8 Å². The van der Waals surface area contributed by atoms with Crippen molar-refractivity contribution in [1.29, 1.82) is 0 Å². The second-order valence-electron chi connectivity index (χ2n) is 7.15. The van der Waals surface area contributed by atoms with Gasteiger partial charge in [-0.05, 0) is 56.0 Å². The third-order valence-corrected chi connectivity index (χ3v) is 6.14. The van der Waals surface area contributed by atoms with Gasteiger partial charge in [0.05, 0.1) is 6.42 Å². The van der Waals surface area contributed by atoms with Gasteiger partial charge in [0.2, 0.25) is 11.8 Å². The van der Waals surface area contributed by atoms with Crippen LogP contribution in [0.3, 0.4) is 0 Å². The zero-order valence-corrected chi connectivity index (χ0v) is 17.4. The molecule has 0 spiro atoms. The predicted molar refractivity (Wildman–Crippen MR) is 115 cm³/mol. The van der Waals surface area contributed by atoms with Crippen molar-refractivity contribution < 1.29 is 9.59 Å². The summed E-state index contributed by atoms with van der Waals surface area (Å²) < 4.78 is 0. The molecule has 1 aromatic carbocycles. The summed E-state index contributed by atoms with van der Waals surface area (Å²) in [6.07, 6.45) is 4.33. The van der Waals surface area contributed by atoms with Crippen molar-refractivity contribution in [2.45, 2.75) is 32.1 Å². The number of hydrogen-bond acceptors (Lipinski definition) is 4. The summed E-state index contributed by atoms with van der Waals surface area (Å²) in [4.78, 5) is 26.4.